The smallest absolute Gasteiger partial charge is 0.255 e. The molecule has 0 saturated carbocycles. The molecule has 0 radical (unpaired) electrons. The van der Waals surface area contributed by atoms with Crippen molar-refractivity contribution in [1.29, 1.82) is 0 Å². The molecule has 0 fully saturated rings. The number of carbonyl (C=O) groups excluding carboxylic acids is 1. The number of rotatable bonds is 8. The molecular weight excluding hydrogens is 340 g/mol. The fraction of sp³-hybridized carbons (Fsp3) is 0.476. The second kappa shape index (κ2) is 9.35. The number of nitrogen functional groups attached to an aromatic ring is 1. The molecule has 0 atom stereocenters. The van der Waals surface area contributed by atoms with Gasteiger partial charge in [0.1, 0.15) is 0 Å². The van der Waals surface area contributed by atoms with Crippen molar-refractivity contribution in [2.45, 2.75) is 59.5 Å². The summed E-state index contributed by atoms with van der Waals surface area (Å²) in [5.41, 5.74) is 8.58. The fourth-order valence-electron chi connectivity index (χ4n) is 3.13. The first-order chi connectivity index (χ1) is 12.9. The number of nitrogens with zero attached hydrogens (tertiary/aromatic N) is 3. The molecule has 0 aliphatic heterocycles. The topological polar surface area (TPSA) is 81.3 Å². The number of nitrogens with two attached hydrogens (primary N) is 1. The third-order valence-electron chi connectivity index (χ3n) is 4.35. The van der Waals surface area contributed by atoms with E-state index in [4.69, 9.17) is 10.5 Å². The van der Waals surface area contributed by atoms with Crippen molar-refractivity contribution in [3.63, 3.8) is 0 Å². The average Bonchev–Trinajstić information content (AvgIpc) is 2.61. The summed E-state index contributed by atoms with van der Waals surface area (Å²) in [6.45, 7) is 10.7. The second-order valence-electron chi connectivity index (χ2n) is 7.10. The van der Waals surface area contributed by atoms with Crippen LogP contribution in [-0.2, 0) is 0 Å². The van der Waals surface area contributed by atoms with E-state index in [0.717, 1.165) is 12.8 Å². The highest BCUT2D eigenvalue weighted by molar-refractivity contribution is 6.02. The zero-order chi connectivity index (χ0) is 20.0. The van der Waals surface area contributed by atoms with E-state index in [9.17, 15) is 4.79 Å². The van der Waals surface area contributed by atoms with Gasteiger partial charge in [0, 0.05) is 41.9 Å². The van der Waals surface area contributed by atoms with Gasteiger partial charge in [-0.2, -0.15) is 0 Å². The Morgan fingerprint density at radius 2 is 1.89 bits per heavy atom. The van der Waals surface area contributed by atoms with Gasteiger partial charge in [-0.25, -0.2) is 4.98 Å². The highest BCUT2D eigenvalue weighted by Gasteiger charge is 2.26. The Kier molecular flexibility index (Phi) is 7.16. The van der Waals surface area contributed by atoms with E-state index in [1.54, 1.807) is 30.7 Å². The zero-order valence-corrected chi connectivity index (χ0v) is 16.9. The molecule has 0 aliphatic carbocycles. The van der Waals surface area contributed by atoms with Crippen molar-refractivity contribution in [3.05, 3.63) is 36.3 Å². The Balaban J connectivity index is 2.54. The number of amides is 1. The van der Waals surface area contributed by atoms with Crippen molar-refractivity contribution < 1.29 is 9.53 Å². The first-order valence-corrected chi connectivity index (χ1v) is 9.52. The minimum Gasteiger partial charge on any atom is -0.477 e. The van der Waals surface area contributed by atoms with Gasteiger partial charge in [-0.1, -0.05) is 13.3 Å². The number of ether oxygens (including phenoxy) is 1. The molecule has 6 nitrogen and oxygen atoms in total. The summed E-state index contributed by atoms with van der Waals surface area (Å²) in [4.78, 5) is 23.7. The third kappa shape index (κ3) is 4.76. The maximum Gasteiger partial charge on any atom is 0.255 e. The number of aromatic nitrogens is 2. The number of pyridine rings is 2. The highest BCUT2D eigenvalue weighted by Crippen LogP contribution is 2.36. The van der Waals surface area contributed by atoms with Crippen LogP contribution in [-0.4, -0.2) is 39.5 Å². The van der Waals surface area contributed by atoms with Crippen LogP contribution in [0.3, 0.4) is 0 Å². The van der Waals surface area contributed by atoms with Crippen molar-refractivity contribution in [2.24, 2.45) is 0 Å². The van der Waals surface area contributed by atoms with Gasteiger partial charge in [0.25, 0.3) is 5.91 Å². The van der Waals surface area contributed by atoms with Crippen molar-refractivity contribution in [2.75, 3.05) is 12.3 Å². The molecule has 2 rings (SSSR count). The summed E-state index contributed by atoms with van der Waals surface area (Å²) < 4.78 is 5.86. The van der Waals surface area contributed by atoms with Crippen molar-refractivity contribution in [1.82, 2.24) is 14.9 Å². The summed E-state index contributed by atoms with van der Waals surface area (Å²) >= 11 is 0. The predicted octanol–water partition coefficient (Wildman–Crippen LogP) is 4.16. The number of hydrogen-bond donors (Lipinski definition) is 1. The summed E-state index contributed by atoms with van der Waals surface area (Å²) in [7, 11) is 0. The molecule has 2 aromatic rings. The molecule has 6 heteroatoms. The molecule has 0 spiro atoms. The summed E-state index contributed by atoms with van der Waals surface area (Å²) in [5, 5.41) is 0. The van der Waals surface area contributed by atoms with E-state index in [1.807, 2.05) is 32.6 Å². The normalized spacial score (nSPS) is 11.1. The maximum absolute atomic E-state index is 13.3. The molecule has 2 heterocycles. The molecule has 0 aromatic carbocycles. The minimum atomic E-state index is -0.0554. The van der Waals surface area contributed by atoms with Crippen LogP contribution in [0.4, 0.5) is 5.69 Å². The molecule has 0 unspecified atom stereocenters. The van der Waals surface area contributed by atoms with Crippen molar-refractivity contribution in [3.8, 4) is 17.0 Å². The number of carbonyl (C=O) groups is 1. The van der Waals surface area contributed by atoms with Gasteiger partial charge in [0.15, 0.2) is 0 Å². The number of anilines is 1. The van der Waals surface area contributed by atoms with Crippen molar-refractivity contribution >= 4 is 11.6 Å². The monoisotopic (exact) mass is 370 g/mol. The molecule has 2 N–H and O–H groups in total. The lowest BCUT2D eigenvalue weighted by Crippen LogP contribution is -2.42. The van der Waals surface area contributed by atoms with E-state index in [0.29, 0.717) is 34.9 Å². The summed E-state index contributed by atoms with van der Waals surface area (Å²) in [5.74, 6) is 0.381. The molecule has 0 bridgehead atoms. The Morgan fingerprint density at radius 1 is 1.19 bits per heavy atom. The second-order valence-corrected chi connectivity index (χ2v) is 7.10. The van der Waals surface area contributed by atoms with Crippen LogP contribution >= 0.6 is 0 Å². The van der Waals surface area contributed by atoms with Crippen LogP contribution in [0.5, 0.6) is 5.88 Å². The Hall–Kier alpha value is -2.63. The van der Waals surface area contributed by atoms with Gasteiger partial charge < -0.3 is 15.4 Å². The first kappa shape index (κ1) is 20.7. The van der Waals surface area contributed by atoms with Crippen LogP contribution in [0.15, 0.2) is 30.7 Å². The zero-order valence-electron chi connectivity index (χ0n) is 16.9. The Labute approximate surface area is 161 Å². The largest absolute Gasteiger partial charge is 0.477 e. The van der Waals surface area contributed by atoms with Crippen LogP contribution < -0.4 is 10.5 Å². The molecular formula is C21H30N4O2. The molecule has 1 amide bonds. The van der Waals surface area contributed by atoms with Crippen LogP contribution in [0.25, 0.3) is 11.1 Å². The fourth-order valence-corrected chi connectivity index (χ4v) is 3.13. The molecule has 0 aliphatic rings. The Morgan fingerprint density at radius 3 is 2.52 bits per heavy atom. The van der Waals surface area contributed by atoms with Gasteiger partial charge in [-0.15, -0.1) is 0 Å². The SMILES string of the molecule is CCCCOc1nccc(N)c1-c1cnccc1C(=O)N(C(C)C)C(C)C. The maximum atomic E-state index is 13.3. The lowest BCUT2D eigenvalue weighted by molar-refractivity contribution is 0.0644. The molecule has 0 saturated heterocycles. The van der Waals surface area contributed by atoms with Crippen LogP contribution in [0.2, 0.25) is 0 Å². The molecule has 2 aromatic heterocycles. The van der Waals surface area contributed by atoms with Crippen LogP contribution in [0.1, 0.15) is 57.8 Å². The number of unbranched alkanes of at least 4 members (excludes halogenated alkanes) is 1. The summed E-state index contributed by atoms with van der Waals surface area (Å²) in [6, 6.07) is 3.60. The van der Waals surface area contributed by atoms with Gasteiger partial charge in [-0.05, 0) is 46.2 Å². The Bertz CT molecular complexity index is 767. The van der Waals surface area contributed by atoms with E-state index >= 15 is 0 Å². The predicted molar refractivity (Wildman–Crippen MR) is 109 cm³/mol. The average molecular weight is 370 g/mol. The highest BCUT2D eigenvalue weighted by atomic mass is 16.5. The number of hydrogen-bond acceptors (Lipinski definition) is 5. The quantitative estimate of drug-likeness (QED) is 0.706. The van der Waals surface area contributed by atoms with E-state index in [1.165, 1.54) is 0 Å². The standard InChI is InChI=1S/C21H30N4O2/c1-6-7-12-27-20-19(18(22)9-11-24-20)17-13-23-10-8-16(17)21(26)25(14(2)3)15(4)5/h8-11,13-15H,6-7,12H2,1-5H3,(H2,22,24). The molecule has 27 heavy (non-hydrogen) atoms. The molecule has 146 valence electrons. The third-order valence-corrected chi connectivity index (χ3v) is 4.35. The first-order valence-electron chi connectivity index (χ1n) is 9.52. The van der Waals surface area contributed by atoms with Gasteiger partial charge in [0.05, 0.1) is 17.7 Å². The van der Waals surface area contributed by atoms with E-state index in [2.05, 4.69) is 16.9 Å². The lowest BCUT2D eigenvalue weighted by Gasteiger charge is -2.31. The van der Waals surface area contributed by atoms with E-state index < -0.39 is 0 Å². The van der Waals surface area contributed by atoms with Gasteiger partial charge in [0.2, 0.25) is 5.88 Å². The van der Waals surface area contributed by atoms with E-state index in [-0.39, 0.29) is 18.0 Å². The van der Waals surface area contributed by atoms with Gasteiger partial charge in [-0.3, -0.25) is 9.78 Å². The summed E-state index contributed by atoms with van der Waals surface area (Å²) in [6.07, 6.45) is 6.84. The lowest BCUT2D eigenvalue weighted by atomic mass is 9.99. The van der Waals surface area contributed by atoms with Crippen LogP contribution in [0, 0.1) is 0 Å². The minimum absolute atomic E-state index is 0.0554. The van der Waals surface area contributed by atoms with Gasteiger partial charge >= 0.3 is 0 Å².